The second kappa shape index (κ2) is 6.28. The summed E-state index contributed by atoms with van der Waals surface area (Å²) in [5.74, 6) is -0.430. The fraction of sp³-hybridized carbons (Fsp3) is 0.0667. The third kappa shape index (κ3) is 3.14. The zero-order valence-corrected chi connectivity index (χ0v) is 12.1. The Balaban J connectivity index is 2.39. The quantitative estimate of drug-likeness (QED) is 0.352. The molecule has 108 valence electrons. The molecule has 5 nitrogen and oxygen atoms in total. The molecule has 0 aliphatic carbocycles. The molecule has 0 aromatic heterocycles. The number of nitrogens with one attached hydrogen (secondary N) is 1. The molecule has 0 radical (unpaired) electrons. The lowest BCUT2D eigenvalue weighted by Crippen LogP contribution is -2.20. The third-order valence-electron chi connectivity index (χ3n) is 3.00. The summed E-state index contributed by atoms with van der Waals surface area (Å²) in [7, 11) is 0. The smallest absolute Gasteiger partial charge is 0.257 e. The maximum Gasteiger partial charge on any atom is 0.257 e. The van der Waals surface area contributed by atoms with Crippen molar-refractivity contribution in [2.75, 3.05) is 5.32 Å². The molecule has 0 saturated heterocycles. The van der Waals surface area contributed by atoms with Crippen LogP contribution in [0.4, 0.5) is 5.69 Å². The number of amides is 1. The van der Waals surface area contributed by atoms with Crippen LogP contribution in [-0.2, 0) is 0 Å². The van der Waals surface area contributed by atoms with E-state index in [2.05, 4.69) is 10.5 Å². The van der Waals surface area contributed by atoms with Gasteiger partial charge in [0.2, 0.25) is 0 Å². The highest BCUT2D eigenvalue weighted by molar-refractivity contribution is 6.34. The topological polar surface area (TPSA) is 87.7 Å². The van der Waals surface area contributed by atoms with E-state index in [9.17, 15) is 4.79 Å². The predicted octanol–water partition coefficient (Wildman–Crippen LogP) is 3.00. The largest absolute Gasteiger partial charge is 0.409 e. The zero-order valence-electron chi connectivity index (χ0n) is 11.3. The number of carbonyl (C=O) groups is 1. The van der Waals surface area contributed by atoms with Crippen molar-refractivity contribution in [2.24, 2.45) is 10.9 Å². The molecule has 0 spiro atoms. The van der Waals surface area contributed by atoms with Gasteiger partial charge in [-0.05, 0) is 30.7 Å². The Morgan fingerprint density at radius 2 is 1.95 bits per heavy atom. The summed E-state index contributed by atoms with van der Waals surface area (Å²) in [6.45, 7) is 1.80. The van der Waals surface area contributed by atoms with E-state index in [-0.39, 0.29) is 11.7 Å². The Bertz CT molecular complexity index is 714. The van der Waals surface area contributed by atoms with E-state index in [0.717, 1.165) is 5.56 Å². The van der Waals surface area contributed by atoms with Crippen LogP contribution < -0.4 is 11.1 Å². The minimum absolute atomic E-state index is 0.0671. The fourth-order valence-corrected chi connectivity index (χ4v) is 2.22. The molecule has 0 aliphatic rings. The molecular formula is C15H14ClN3O2. The number of anilines is 1. The fourth-order valence-electron chi connectivity index (χ4n) is 2.00. The Kier molecular flexibility index (Phi) is 4.45. The van der Waals surface area contributed by atoms with Crippen LogP contribution >= 0.6 is 11.6 Å². The standard InChI is InChI=1S/C15H14ClN3O2/c1-9-5-4-8-12(13(9)14(17)19-21)18-15(20)10-6-2-3-7-11(10)16/h2-8,21H,1H3,(H2,17,19)(H,18,20). The van der Waals surface area contributed by atoms with E-state index < -0.39 is 0 Å². The SMILES string of the molecule is Cc1cccc(NC(=O)c2ccccc2Cl)c1/C(N)=N/O. The lowest BCUT2D eigenvalue weighted by molar-refractivity contribution is 0.102. The molecule has 21 heavy (non-hydrogen) atoms. The summed E-state index contributed by atoms with van der Waals surface area (Å²) in [5.41, 5.74) is 7.72. The second-order valence-electron chi connectivity index (χ2n) is 4.42. The van der Waals surface area contributed by atoms with E-state index in [1.165, 1.54) is 0 Å². The first-order chi connectivity index (χ1) is 10.0. The molecule has 0 saturated carbocycles. The predicted molar refractivity (Wildman–Crippen MR) is 83.1 cm³/mol. The second-order valence-corrected chi connectivity index (χ2v) is 4.82. The van der Waals surface area contributed by atoms with Crippen LogP contribution in [0.1, 0.15) is 21.5 Å². The number of rotatable bonds is 3. The molecule has 0 bridgehead atoms. The number of nitrogens with zero attached hydrogens (tertiary/aromatic N) is 1. The maximum absolute atomic E-state index is 12.3. The van der Waals surface area contributed by atoms with Gasteiger partial charge < -0.3 is 16.3 Å². The summed E-state index contributed by atoms with van der Waals surface area (Å²) in [6, 6.07) is 12.0. The third-order valence-corrected chi connectivity index (χ3v) is 3.33. The molecule has 2 rings (SSSR count). The lowest BCUT2D eigenvalue weighted by atomic mass is 10.1. The van der Waals surface area contributed by atoms with Crippen molar-refractivity contribution in [3.63, 3.8) is 0 Å². The first-order valence-electron chi connectivity index (χ1n) is 6.18. The summed E-state index contributed by atoms with van der Waals surface area (Å²) < 4.78 is 0. The van der Waals surface area contributed by atoms with Gasteiger partial charge in [0.25, 0.3) is 5.91 Å². The van der Waals surface area contributed by atoms with Crippen LogP contribution in [0.3, 0.4) is 0 Å². The van der Waals surface area contributed by atoms with Gasteiger partial charge in [-0.3, -0.25) is 4.79 Å². The van der Waals surface area contributed by atoms with Crippen molar-refractivity contribution in [3.05, 3.63) is 64.2 Å². The number of halogens is 1. The molecule has 2 aromatic carbocycles. The molecule has 0 unspecified atom stereocenters. The van der Waals surface area contributed by atoms with Gasteiger partial charge in [0.05, 0.1) is 16.3 Å². The highest BCUT2D eigenvalue weighted by Gasteiger charge is 2.15. The van der Waals surface area contributed by atoms with Crippen molar-refractivity contribution in [1.82, 2.24) is 0 Å². The Labute approximate surface area is 127 Å². The first kappa shape index (κ1) is 14.9. The Morgan fingerprint density at radius 3 is 2.62 bits per heavy atom. The van der Waals surface area contributed by atoms with E-state index in [0.29, 0.717) is 21.8 Å². The normalized spacial score (nSPS) is 11.2. The average Bonchev–Trinajstić information content (AvgIpc) is 2.47. The molecular weight excluding hydrogens is 290 g/mol. The summed E-state index contributed by atoms with van der Waals surface area (Å²) >= 11 is 6.00. The monoisotopic (exact) mass is 303 g/mol. The summed E-state index contributed by atoms with van der Waals surface area (Å²) in [4.78, 5) is 12.3. The van der Waals surface area contributed by atoms with Gasteiger partial charge in [0, 0.05) is 5.56 Å². The van der Waals surface area contributed by atoms with Crippen LogP contribution in [0.2, 0.25) is 5.02 Å². The summed E-state index contributed by atoms with van der Waals surface area (Å²) in [5, 5.41) is 14.9. The molecule has 0 atom stereocenters. The van der Waals surface area contributed by atoms with E-state index >= 15 is 0 Å². The Morgan fingerprint density at radius 1 is 1.24 bits per heavy atom. The van der Waals surface area contributed by atoms with E-state index in [1.54, 1.807) is 49.4 Å². The molecule has 0 fully saturated rings. The van der Waals surface area contributed by atoms with E-state index in [4.69, 9.17) is 22.5 Å². The minimum Gasteiger partial charge on any atom is -0.409 e. The highest BCUT2D eigenvalue weighted by Crippen LogP contribution is 2.22. The molecule has 0 aliphatic heterocycles. The molecule has 0 heterocycles. The van der Waals surface area contributed by atoms with Crippen molar-refractivity contribution in [1.29, 1.82) is 0 Å². The number of aryl methyl sites for hydroxylation is 1. The number of hydrogen-bond acceptors (Lipinski definition) is 3. The van der Waals surface area contributed by atoms with Gasteiger partial charge in [0.1, 0.15) is 0 Å². The van der Waals surface area contributed by atoms with Gasteiger partial charge in [0.15, 0.2) is 5.84 Å². The van der Waals surface area contributed by atoms with Gasteiger partial charge in [-0.25, -0.2) is 0 Å². The van der Waals surface area contributed by atoms with Gasteiger partial charge in [-0.1, -0.05) is 41.0 Å². The molecule has 1 amide bonds. The van der Waals surface area contributed by atoms with Crippen LogP contribution in [-0.4, -0.2) is 17.0 Å². The molecule has 4 N–H and O–H groups in total. The first-order valence-corrected chi connectivity index (χ1v) is 6.55. The van der Waals surface area contributed by atoms with Crippen LogP contribution in [0.5, 0.6) is 0 Å². The molecule has 2 aromatic rings. The zero-order chi connectivity index (χ0) is 15.4. The van der Waals surface area contributed by atoms with Gasteiger partial charge in [-0.15, -0.1) is 0 Å². The van der Waals surface area contributed by atoms with Gasteiger partial charge in [-0.2, -0.15) is 0 Å². The lowest BCUT2D eigenvalue weighted by Gasteiger charge is -2.13. The summed E-state index contributed by atoms with van der Waals surface area (Å²) in [6.07, 6.45) is 0. The van der Waals surface area contributed by atoms with E-state index in [1.807, 2.05) is 0 Å². The molecule has 6 heteroatoms. The van der Waals surface area contributed by atoms with Crippen molar-refractivity contribution in [3.8, 4) is 0 Å². The van der Waals surface area contributed by atoms with Crippen LogP contribution in [0.15, 0.2) is 47.6 Å². The average molecular weight is 304 g/mol. The number of amidine groups is 1. The maximum atomic E-state index is 12.3. The van der Waals surface area contributed by atoms with Gasteiger partial charge >= 0.3 is 0 Å². The van der Waals surface area contributed by atoms with Crippen molar-refractivity contribution >= 4 is 29.0 Å². The highest BCUT2D eigenvalue weighted by atomic mass is 35.5. The van der Waals surface area contributed by atoms with Crippen LogP contribution in [0, 0.1) is 6.92 Å². The van der Waals surface area contributed by atoms with Crippen molar-refractivity contribution < 1.29 is 10.0 Å². The number of nitrogens with two attached hydrogens (primary N) is 1. The number of benzene rings is 2. The number of carbonyl (C=O) groups excluding carboxylic acids is 1. The Hall–Kier alpha value is -2.53. The number of hydrogen-bond donors (Lipinski definition) is 3. The van der Waals surface area contributed by atoms with Crippen LogP contribution in [0.25, 0.3) is 0 Å². The van der Waals surface area contributed by atoms with Crippen molar-refractivity contribution in [2.45, 2.75) is 6.92 Å². The number of oxime groups is 1. The minimum atomic E-state index is -0.363.